The molecule has 0 bridgehead atoms. The zero-order valence-corrected chi connectivity index (χ0v) is 9.15. The van der Waals surface area contributed by atoms with E-state index in [1.165, 1.54) is 0 Å². The molecule has 1 aromatic carbocycles. The van der Waals surface area contributed by atoms with E-state index in [1.807, 2.05) is 13.8 Å². The van der Waals surface area contributed by atoms with Crippen molar-refractivity contribution in [1.29, 1.82) is 0 Å². The lowest BCUT2D eigenvalue weighted by Gasteiger charge is -2.12. The van der Waals surface area contributed by atoms with Gasteiger partial charge in [-0.3, -0.25) is 0 Å². The molecular formula is C9H13Cl2NO. The van der Waals surface area contributed by atoms with Gasteiger partial charge in [-0.05, 0) is 26.0 Å². The summed E-state index contributed by atoms with van der Waals surface area (Å²) in [7, 11) is 0. The number of ether oxygens (including phenoxy) is 1. The minimum absolute atomic E-state index is 0. The second-order valence-corrected chi connectivity index (χ2v) is 3.23. The van der Waals surface area contributed by atoms with Gasteiger partial charge in [0.05, 0.1) is 16.8 Å². The van der Waals surface area contributed by atoms with Gasteiger partial charge in [-0.1, -0.05) is 17.7 Å². The lowest BCUT2D eigenvalue weighted by atomic mass is 10.3. The van der Waals surface area contributed by atoms with Crippen LogP contribution in [-0.4, -0.2) is 6.10 Å². The van der Waals surface area contributed by atoms with Crippen LogP contribution in [0.5, 0.6) is 5.75 Å². The molecule has 0 fully saturated rings. The average Bonchev–Trinajstić information content (AvgIpc) is 1.97. The third kappa shape index (κ3) is 3.33. The molecule has 0 aliphatic carbocycles. The quantitative estimate of drug-likeness (QED) is 0.780. The van der Waals surface area contributed by atoms with Gasteiger partial charge in [0.25, 0.3) is 0 Å². The number of benzene rings is 1. The number of halogens is 2. The zero-order chi connectivity index (χ0) is 9.14. The van der Waals surface area contributed by atoms with Crippen LogP contribution in [0.15, 0.2) is 18.2 Å². The Morgan fingerprint density at radius 2 is 2.00 bits per heavy atom. The van der Waals surface area contributed by atoms with Gasteiger partial charge in [0.1, 0.15) is 0 Å². The molecule has 0 heterocycles. The third-order valence-electron chi connectivity index (χ3n) is 1.35. The maximum Gasteiger partial charge on any atom is 0.161 e. The Morgan fingerprint density at radius 1 is 1.38 bits per heavy atom. The molecule has 0 aliphatic rings. The highest BCUT2D eigenvalue weighted by Gasteiger charge is 2.06. The summed E-state index contributed by atoms with van der Waals surface area (Å²) in [5.74, 6) is 0.578. The Morgan fingerprint density at radius 3 is 2.46 bits per heavy atom. The van der Waals surface area contributed by atoms with Gasteiger partial charge in [-0.15, -0.1) is 12.4 Å². The molecule has 0 saturated heterocycles. The topological polar surface area (TPSA) is 35.2 Å². The van der Waals surface area contributed by atoms with E-state index in [9.17, 15) is 0 Å². The summed E-state index contributed by atoms with van der Waals surface area (Å²) >= 11 is 5.87. The minimum atomic E-state index is 0. The summed E-state index contributed by atoms with van der Waals surface area (Å²) < 4.78 is 5.42. The minimum Gasteiger partial charge on any atom is -0.487 e. The molecule has 0 amide bonds. The first kappa shape index (κ1) is 12.4. The molecule has 0 atom stereocenters. The molecular weight excluding hydrogens is 209 g/mol. The van der Waals surface area contributed by atoms with Gasteiger partial charge < -0.3 is 10.5 Å². The predicted octanol–water partition coefficient (Wildman–Crippen LogP) is 3.13. The monoisotopic (exact) mass is 221 g/mol. The number of para-hydroxylation sites is 1. The van der Waals surface area contributed by atoms with Crippen LogP contribution in [0, 0.1) is 0 Å². The molecule has 1 aromatic rings. The molecule has 0 saturated carbocycles. The van der Waals surface area contributed by atoms with E-state index in [1.54, 1.807) is 18.2 Å². The summed E-state index contributed by atoms with van der Waals surface area (Å²) in [6.45, 7) is 3.87. The first-order valence-electron chi connectivity index (χ1n) is 3.82. The lowest BCUT2D eigenvalue weighted by Crippen LogP contribution is -2.07. The molecule has 0 aromatic heterocycles. The van der Waals surface area contributed by atoms with Crippen LogP contribution < -0.4 is 10.5 Å². The van der Waals surface area contributed by atoms with E-state index in [0.29, 0.717) is 16.5 Å². The van der Waals surface area contributed by atoms with E-state index in [0.717, 1.165) is 0 Å². The maximum absolute atomic E-state index is 5.87. The van der Waals surface area contributed by atoms with Crippen LogP contribution in [0.4, 0.5) is 5.69 Å². The molecule has 0 radical (unpaired) electrons. The second-order valence-electron chi connectivity index (χ2n) is 2.82. The fourth-order valence-corrected chi connectivity index (χ4v) is 1.11. The molecule has 74 valence electrons. The first-order chi connectivity index (χ1) is 5.61. The third-order valence-corrected chi connectivity index (χ3v) is 1.65. The largest absolute Gasteiger partial charge is 0.487 e. The number of nitrogens with two attached hydrogens (primary N) is 1. The summed E-state index contributed by atoms with van der Waals surface area (Å²) in [5, 5.41) is 0.559. The van der Waals surface area contributed by atoms with E-state index in [4.69, 9.17) is 22.1 Å². The maximum atomic E-state index is 5.87. The van der Waals surface area contributed by atoms with E-state index in [-0.39, 0.29) is 18.5 Å². The Balaban J connectivity index is 0.00000144. The molecule has 2 nitrogen and oxygen atoms in total. The Kier molecular flexibility index (Phi) is 4.96. The smallest absolute Gasteiger partial charge is 0.161 e. The average molecular weight is 222 g/mol. The van der Waals surface area contributed by atoms with Gasteiger partial charge >= 0.3 is 0 Å². The van der Waals surface area contributed by atoms with Crippen molar-refractivity contribution in [3.8, 4) is 5.75 Å². The Hall–Kier alpha value is -0.600. The highest BCUT2D eigenvalue weighted by molar-refractivity contribution is 6.32. The van der Waals surface area contributed by atoms with Crippen LogP contribution in [0.2, 0.25) is 5.02 Å². The molecule has 13 heavy (non-hydrogen) atoms. The van der Waals surface area contributed by atoms with Crippen LogP contribution in [0.1, 0.15) is 13.8 Å². The molecule has 0 spiro atoms. The van der Waals surface area contributed by atoms with Crippen molar-refractivity contribution in [2.75, 3.05) is 5.73 Å². The van der Waals surface area contributed by atoms with Gasteiger partial charge in [0.2, 0.25) is 0 Å². The van der Waals surface area contributed by atoms with Crippen molar-refractivity contribution in [3.05, 3.63) is 23.2 Å². The molecule has 0 aliphatic heterocycles. The number of nitrogen functional groups attached to an aromatic ring is 1. The van der Waals surface area contributed by atoms with Crippen LogP contribution in [0.3, 0.4) is 0 Å². The van der Waals surface area contributed by atoms with Gasteiger partial charge in [0.15, 0.2) is 5.75 Å². The number of hydrogen-bond donors (Lipinski definition) is 1. The van der Waals surface area contributed by atoms with Crippen molar-refractivity contribution in [1.82, 2.24) is 0 Å². The first-order valence-corrected chi connectivity index (χ1v) is 4.19. The summed E-state index contributed by atoms with van der Waals surface area (Å²) in [6.07, 6.45) is 0.0900. The predicted molar refractivity (Wildman–Crippen MR) is 58.9 cm³/mol. The molecule has 0 unspecified atom stereocenters. The van der Waals surface area contributed by atoms with Gasteiger partial charge in [-0.25, -0.2) is 0 Å². The number of hydrogen-bond acceptors (Lipinski definition) is 2. The highest BCUT2D eigenvalue weighted by atomic mass is 35.5. The van der Waals surface area contributed by atoms with Crippen LogP contribution >= 0.6 is 24.0 Å². The SMILES string of the molecule is CC(C)Oc1c(N)cccc1Cl.Cl. The van der Waals surface area contributed by atoms with Gasteiger partial charge in [-0.2, -0.15) is 0 Å². The molecule has 2 N–H and O–H groups in total. The van der Waals surface area contributed by atoms with Crippen LogP contribution in [-0.2, 0) is 0 Å². The molecule has 4 heteroatoms. The normalized spacial score (nSPS) is 9.54. The van der Waals surface area contributed by atoms with Crippen molar-refractivity contribution >= 4 is 29.7 Å². The fraction of sp³-hybridized carbons (Fsp3) is 0.333. The lowest BCUT2D eigenvalue weighted by molar-refractivity contribution is 0.244. The summed E-state index contributed by atoms with van der Waals surface area (Å²) in [6, 6.07) is 5.32. The van der Waals surface area contributed by atoms with Crippen molar-refractivity contribution in [3.63, 3.8) is 0 Å². The second kappa shape index (κ2) is 5.20. The molecule has 1 rings (SSSR count). The van der Waals surface area contributed by atoms with E-state index in [2.05, 4.69) is 0 Å². The van der Waals surface area contributed by atoms with E-state index >= 15 is 0 Å². The Bertz CT molecular complexity index is 256. The zero-order valence-electron chi connectivity index (χ0n) is 7.58. The van der Waals surface area contributed by atoms with Crippen molar-refractivity contribution < 1.29 is 4.74 Å². The van der Waals surface area contributed by atoms with Crippen molar-refractivity contribution in [2.24, 2.45) is 0 Å². The fourth-order valence-electron chi connectivity index (χ4n) is 0.886. The van der Waals surface area contributed by atoms with E-state index < -0.39 is 0 Å². The number of anilines is 1. The highest BCUT2D eigenvalue weighted by Crippen LogP contribution is 2.31. The van der Waals surface area contributed by atoms with Crippen molar-refractivity contribution in [2.45, 2.75) is 20.0 Å². The number of rotatable bonds is 2. The summed E-state index contributed by atoms with van der Waals surface area (Å²) in [4.78, 5) is 0. The Labute approximate surface area is 89.4 Å². The van der Waals surface area contributed by atoms with Gasteiger partial charge in [0, 0.05) is 0 Å². The summed E-state index contributed by atoms with van der Waals surface area (Å²) in [5.41, 5.74) is 6.24. The standard InChI is InChI=1S/C9H12ClNO.ClH/c1-6(2)12-9-7(10)4-3-5-8(9)11;/h3-6H,11H2,1-2H3;1H. The van der Waals surface area contributed by atoms with Crippen LogP contribution in [0.25, 0.3) is 0 Å².